The second kappa shape index (κ2) is 4.44. The van der Waals surface area contributed by atoms with Gasteiger partial charge in [-0.1, -0.05) is 24.6 Å². The molecule has 0 amide bonds. The lowest BCUT2D eigenvalue weighted by Gasteiger charge is -2.11. The number of nitrogens with two attached hydrogens (primary N) is 1. The lowest BCUT2D eigenvalue weighted by molar-refractivity contribution is 0.638. The zero-order chi connectivity index (χ0) is 11.7. The highest BCUT2D eigenvalue weighted by atomic mass is 35.5. The Labute approximate surface area is 100 Å². The van der Waals surface area contributed by atoms with Crippen LogP contribution in [0.1, 0.15) is 25.6 Å². The van der Waals surface area contributed by atoms with Crippen LogP contribution in [0.3, 0.4) is 0 Å². The summed E-state index contributed by atoms with van der Waals surface area (Å²) in [7, 11) is 0. The molecule has 1 aromatic carbocycles. The Morgan fingerprint density at radius 2 is 2.25 bits per heavy atom. The van der Waals surface area contributed by atoms with Gasteiger partial charge in [0.05, 0.1) is 16.1 Å². The molecule has 4 heteroatoms. The summed E-state index contributed by atoms with van der Waals surface area (Å²) < 4.78 is 2.15. The second-order valence-corrected chi connectivity index (χ2v) is 4.37. The number of hydrogen-bond acceptors (Lipinski definition) is 2. The molecule has 0 aliphatic rings. The van der Waals surface area contributed by atoms with E-state index in [1.165, 1.54) is 0 Å². The number of benzene rings is 1. The third kappa shape index (κ3) is 1.70. The Balaban J connectivity index is 2.72. The van der Waals surface area contributed by atoms with Crippen molar-refractivity contribution in [1.29, 1.82) is 0 Å². The number of aromatic nitrogens is 2. The van der Waals surface area contributed by atoms with E-state index in [-0.39, 0.29) is 5.92 Å². The zero-order valence-corrected chi connectivity index (χ0v) is 10.3. The van der Waals surface area contributed by atoms with Gasteiger partial charge in [0, 0.05) is 19.0 Å². The number of nitrogens with zero attached hydrogens (tertiary/aromatic N) is 2. The van der Waals surface area contributed by atoms with Gasteiger partial charge < -0.3 is 10.3 Å². The van der Waals surface area contributed by atoms with Crippen molar-refractivity contribution in [3.8, 4) is 0 Å². The maximum Gasteiger partial charge on any atom is 0.114 e. The fraction of sp³-hybridized carbons (Fsp3) is 0.417. The molecule has 0 radical (unpaired) electrons. The first-order valence-electron chi connectivity index (χ1n) is 5.53. The van der Waals surface area contributed by atoms with Crippen molar-refractivity contribution in [2.24, 2.45) is 5.73 Å². The maximum absolute atomic E-state index is 6.21. The molecule has 0 saturated heterocycles. The van der Waals surface area contributed by atoms with E-state index in [0.29, 0.717) is 6.54 Å². The molecule has 0 saturated carbocycles. The summed E-state index contributed by atoms with van der Waals surface area (Å²) in [5, 5.41) is 0.752. The van der Waals surface area contributed by atoms with E-state index >= 15 is 0 Å². The zero-order valence-electron chi connectivity index (χ0n) is 9.57. The molecule has 86 valence electrons. The van der Waals surface area contributed by atoms with Crippen molar-refractivity contribution in [2.75, 3.05) is 6.54 Å². The fourth-order valence-corrected chi connectivity index (χ4v) is 2.23. The summed E-state index contributed by atoms with van der Waals surface area (Å²) >= 11 is 6.21. The van der Waals surface area contributed by atoms with Crippen LogP contribution in [0.15, 0.2) is 18.2 Å². The molecule has 16 heavy (non-hydrogen) atoms. The summed E-state index contributed by atoms with van der Waals surface area (Å²) in [4.78, 5) is 4.61. The molecule has 2 rings (SSSR count). The molecule has 0 fully saturated rings. The monoisotopic (exact) mass is 237 g/mol. The first-order valence-corrected chi connectivity index (χ1v) is 5.91. The third-order valence-electron chi connectivity index (χ3n) is 2.86. The van der Waals surface area contributed by atoms with Gasteiger partial charge in [0.2, 0.25) is 0 Å². The van der Waals surface area contributed by atoms with Crippen LogP contribution >= 0.6 is 11.6 Å². The van der Waals surface area contributed by atoms with E-state index < -0.39 is 0 Å². The molecular weight excluding hydrogens is 222 g/mol. The highest BCUT2D eigenvalue weighted by molar-refractivity contribution is 6.35. The van der Waals surface area contributed by atoms with E-state index in [4.69, 9.17) is 17.3 Å². The summed E-state index contributed by atoms with van der Waals surface area (Å²) in [5.41, 5.74) is 7.67. The number of halogens is 1. The second-order valence-electron chi connectivity index (χ2n) is 3.96. The summed E-state index contributed by atoms with van der Waals surface area (Å²) in [6, 6.07) is 5.81. The Bertz CT molecular complexity index is 504. The number of rotatable bonds is 3. The normalized spacial score (nSPS) is 13.2. The molecule has 1 heterocycles. The van der Waals surface area contributed by atoms with Crippen LogP contribution in [0, 0.1) is 0 Å². The van der Waals surface area contributed by atoms with Gasteiger partial charge >= 0.3 is 0 Å². The average Bonchev–Trinajstić information content (AvgIpc) is 2.68. The SMILES string of the molecule is CCn1c(C(C)CN)nc2cccc(Cl)c21. The smallest absolute Gasteiger partial charge is 0.114 e. The fourth-order valence-electron chi connectivity index (χ4n) is 1.96. The molecule has 2 N–H and O–H groups in total. The molecule has 2 aromatic rings. The van der Waals surface area contributed by atoms with Gasteiger partial charge in [-0.15, -0.1) is 0 Å². The first-order chi connectivity index (χ1) is 7.69. The van der Waals surface area contributed by atoms with Gasteiger partial charge in [-0.2, -0.15) is 0 Å². The van der Waals surface area contributed by atoms with Gasteiger partial charge in [0.1, 0.15) is 5.82 Å². The minimum Gasteiger partial charge on any atom is -0.330 e. The highest BCUT2D eigenvalue weighted by Gasteiger charge is 2.15. The van der Waals surface area contributed by atoms with Crippen molar-refractivity contribution in [2.45, 2.75) is 26.3 Å². The van der Waals surface area contributed by atoms with Gasteiger partial charge in [-0.3, -0.25) is 0 Å². The predicted molar refractivity (Wildman–Crippen MR) is 67.9 cm³/mol. The first kappa shape index (κ1) is 11.4. The maximum atomic E-state index is 6.21. The average molecular weight is 238 g/mol. The molecule has 1 aromatic heterocycles. The van der Waals surface area contributed by atoms with Crippen LogP contribution < -0.4 is 5.73 Å². The van der Waals surface area contributed by atoms with Crippen LogP contribution in [0.4, 0.5) is 0 Å². The predicted octanol–water partition coefficient (Wildman–Crippen LogP) is 2.77. The molecule has 1 unspecified atom stereocenters. The van der Waals surface area contributed by atoms with Crippen molar-refractivity contribution in [3.05, 3.63) is 29.0 Å². The van der Waals surface area contributed by atoms with Crippen molar-refractivity contribution in [1.82, 2.24) is 9.55 Å². The molecule has 3 nitrogen and oxygen atoms in total. The number of fused-ring (bicyclic) bond motifs is 1. The summed E-state index contributed by atoms with van der Waals surface area (Å²) in [5.74, 6) is 1.27. The molecule has 0 aliphatic carbocycles. The number of aryl methyl sites for hydroxylation is 1. The molecule has 1 atom stereocenters. The topological polar surface area (TPSA) is 43.8 Å². The van der Waals surface area contributed by atoms with Crippen LogP contribution in [0.25, 0.3) is 11.0 Å². The Hall–Kier alpha value is -1.06. The number of hydrogen-bond donors (Lipinski definition) is 1. The quantitative estimate of drug-likeness (QED) is 0.892. The summed E-state index contributed by atoms with van der Waals surface area (Å²) in [6.07, 6.45) is 0. The van der Waals surface area contributed by atoms with Crippen molar-refractivity contribution < 1.29 is 0 Å². The summed E-state index contributed by atoms with van der Waals surface area (Å²) in [6.45, 7) is 5.64. The largest absolute Gasteiger partial charge is 0.330 e. The van der Waals surface area contributed by atoms with Gasteiger partial charge in [0.25, 0.3) is 0 Å². The Morgan fingerprint density at radius 3 is 2.88 bits per heavy atom. The molecular formula is C12H16ClN3. The van der Waals surface area contributed by atoms with E-state index in [9.17, 15) is 0 Å². The lowest BCUT2D eigenvalue weighted by Crippen LogP contribution is -2.14. The number of imidazole rings is 1. The molecule has 0 aliphatic heterocycles. The lowest BCUT2D eigenvalue weighted by atomic mass is 10.2. The van der Waals surface area contributed by atoms with Gasteiger partial charge in [0.15, 0.2) is 0 Å². The minimum atomic E-state index is 0.253. The number of para-hydroxylation sites is 1. The van der Waals surface area contributed by atoms with Crippen LogP contribution in [0.5, 0.6) is 0 Å². The minimum absolute atomic E-state index is 0.253. The van der Waals surface area contributed by atoms with Crippen LogP contribution in [-0.4, -0.2) is 16.1 Å². The molecule has 0 bridgehead atoms. The van der Waals surface area contributed by atoms with Gasteiger partial charge in [-0.25, -0.2) is 4.98 Å². The van der Waals surface area contributed by atoms with Crippen molar-refractivity contribution in [3.63, 3.8) is 0 Å². The van der Waals surface area contributed by atoms with E-state index in [2.05, 4.69) is 23.4 Å². The Kier molecular flexibility index (Phi) is 3.17. The van der Waals surface area contributed by atoms with E-state index in [0.717, 1.165) is 28.4 Å². The van der Waals surface area contributed by atoms with Crippen molar-refractivity contribution >= 4 is 22.6 Å². The van der Waals surface area contributed by atoms with E-state index in [1.807, 2.05) is 18.2 Å². The van der Waals surface area contributed by atoms with E-state index in [1.54, 1.807) is 0 Å². The standard InChI is InChI=1S/C12H16ClN3/c1-3-16-11-9(13)5-4-6-10(11)15-12(16)8(2)7-14/h4-6,8H,3,7,14H2,1-2H3. The highest BCUT2D eigenvalue weighted by Crippen LogP contribution is 2.27. The Morgan fingerprint density at radius 1 is 1.50 bits per heavy atom. The third-order valence-corrected chi connectivity index (χ3v) is 3.16. The molecule has 0 spiro atoms. The van der Waals surface area contributed by atoms with Crippen LogP contribution in [-0.2, 0) is 6.54 Å². The van der Waals surface area contributed by atoms with Gasteiger partial charge in [-0.05, 0) is 19.1 Å². The van der Waals surface area contributed by atoms with Crippen LogP contribution in [0.2, 0.25) is 5.02 Å².